The predicted octanol–water partition coefficient (Wildman–Crippen LogP) is 2.31. The number of nitrogens with one attached hydrogen (secondary N) is 2. The van der Waals surface area contributed by atoms with Crippen molar-refractivity contribution in [1.29, 1.82) is 0 Å². The molecule has 162 valence electrons. The monoisotopic (exact) mass is 427 g/mol. The Hall–Kier alpha value is -3.45. The summed E-state index contributed by atoms with van der Waals surface area (Å²) in [6.07, 6.45) is 4.29. The van der Waals surface area contributed by atoms with E-state index in [4.69, 9.17) is 6.42 Å². The molecule has 4 rings (SSSR count). The summed E-state index contributed by atoms with van der Waals surface area (Å²) in [6.45, 7) is 4.33. The fraction of sp³-hybridized carbons (Fsp3) is 0.381. The second-order valence-electron chi connectivity index (χ2n) is 7.70. The number of fused-ring (bicyclic) bond motifs is 1. The molecule has 1 aliphatic rings. The van der Waals surface area contributed by atoms with Gasteiger partial charge in [-0.3, -0.25) is 9.48 Å². The lowest BCUT2D eigenvalue weighted by Gasteiger charge is -2.28. The maximum atomic E-state index is 13.2. The van der Waals surface area contributed by atoms with Gasteiger partial charge < -0.3 is 15.5 Å². The molecule has 3 aromatic heterocycles. The highest BCUT2D eigenvalue weighted by atomic mass is 19.3. The number of carbonyl (C=O) groups excluding carboxylic acids is 1. The van der Waals surface area contributed by atoms with Gasteiger partial charge in [-0.1, -0.05) is 12.8 Å². The van der Waals surface area contributed by atoms with Gasteiger partial charge in [-0.2, -0.15) is 5.10 Å². The standard InChI is InChI=1S/C21H23F2N7O/c1-4-14-10-24-9-13(2)11-29(14)18-8-6-15-5-7-17(30(15)26-18)21(31)25-16-12-28(3)27-19(16)20(22)23/h1,5-8,12-14,20,24H,9-11H2,2-3H3,(H,25,31)/t13-,14+/m1/s1. The Bertz CT molecular complexity index is 1150. The topological polar surface area (TPSA) is 79.5 Å². The molecule has 2 atom stereocenters. The fourth-order valence-electron chi connectivity index (χ4n) is 3.76. The van der Waals surface area contributed by atoms with E-state index in [0.717, 1.165) is 13.1 Å². The molecule has 0 radical (unpaired) electrons. The van der Waals surface area contributed by atoms with Crippen LogP contribution >= 0.6 is 0 Å². The lowest BCUT2D eigenvalue weighted by molar-refractivity contribution is 0.101. The van der Waals surface area contributed by atoms with Gasteiger partial charge in [0.15, 0.2) is 11.5 Å². The van der Waals surface area contributed by atoms with Crippen LogP contribution in [0.1, 0.15) is 29.5 Å². The first-order chi connectivity index (χ1) is 14.9. The number of carbonyl (C=O) groups is 1. The third kappa shape index (κ3) is 4.09. The summed E-state index contributed by atoms with van der Waals surface area (Å²) in [7, 11) is 1.51. The van der Waals surface area contributed by atoms with Crippen molar-refractivity contribution >= 4 is 22.9 Å². The van der Waals surface area contributed by atoms with Gasteiger partial charge in [0.05, 0.1) is 11.2 Å². The number of alkyl halides is 2. The zero-order chi connectivity index (χ0) is 22.1. The lowest BCUT2D eigenvalue weighted by Crippen LogP contribution is -2.40. The normalized spacial score (nSPS) is 19.4. The Morgan fingerprint density at radius 1 is 1.29 bits per heavy atom. The van der Waals surface area contributed by atoms with E-state index in [-0.39, 0.29) is 17.4 Å². The van der Waals surface area contributed by atoms with Crippen molar-refractivity contribution in [2.24, 2.45) is 13.0 Å². The quantitative estimate of drug-likeness (QED) is 0.625. The summed E-state index contributed by atoms with van der Waals surface area (Å²) in [4.78, 5) is 14.9. The highest BCUT2D eigenvalue weighted by Crippen LogP contribution is 2.26. The van der Waals surface area contributed by atoms with E-state index in [9.17, 15) is 13.6 Å². The number of aryl methyl sites for hydroxylation is 1. The molecule has 3 aromatic rings. The Kier molecular flexibility index (Phi) is 5.61. The number of halogens is 2. The first-order valence-electron chi connectivity index (χ1n) is 9.92. The van der Waals surface area contributed by atoms with Gasteiger partial charge in [-0.25, -0.2) is 13.3 Å². The Morgan fingerprint density at radius 3 is 2.81 bits per heavy atom. The van der Waals surface area contributed by atoms with Crippen LogP contribution in [-0.2, 0) is 7.05 Å². The van der Waals surface area contributed by atoms with Crippen molar-refractivity contribution in [2.75, 3.05) is 29.9 Å². The summed E-state index contributed by atoms with van der Waals surface area (Å²) in [6, 6.07) is 6.89. The molecule has 0 aliphatic carbocycles. The number of hydrogen-bond donors (Lipinski definition) is 2. The molecule has 1 aliphatic heterocycles. The van der Waals surface area contributed by atoms with Gasteiger partial charge in [-0.15, -0.1) is 11.5 Å². The summed E-state index contributed by atoms with van der Waals surface area (Å²) >= 11 is 0. The maximum absolute atomic E-state index is 13.2. The largest absolute Gasteiger partial charge is 0.340 e. The van der Waals surface area contributed by atoms with Crippen LogP contribution in [0.15, 0.2) is 30.5 Å². The Labute approximate surface area is 178 Å². The van der Waals surface area contributed by atoms with E-state index in [1.807, 2.05) is 17.0 Å². The molecule has 0 saturated carbocycles. The SMILES string of the molecule is C#C[C@H]1CNC[C@@H](C)CN1c1ccc2ccc(C(=O)Nc3cn(C)nc3C(F)F)n2n1. The first-order valence-corrected chi connectivity index (χ1v) is 9.92. The summed E-state index contributed by atoms with van der Waals surface area (Å²) in [5, 5.41) is 14.2. The van der Waals surface area contributed by atoms with Crippen molar-refractivity contribution < 1.29 is 13.6 Å². The summed E-state index contributed by atoms with van der Waals surface area (Å²) < 4.78 is 29.2. The third-order valence-electron chi connectivity index (χ3n) is 5.24. The zero-order valence-corrected chi connectivity index (χ0v) is 17.2. The number of nitrogens with zero attached hydrogens (tertiary/aromatic N) is 5. The van der Waals surface area contributed by atoms with Crippen molar-refractivity contribution in [1.82, 2.24) is 24.7 Å². The van der Waals surface area contributed by atoms with Crippen LogP contribution in [0.2, 0.25) is 0 Å². The molecule has 1 amide bonds. The summed E-state index contributed by atoms with van der Waals surface area (Å²) in [5.74, 6) is 3.25. The van der Waals surface area contributed by atoms with Crippen LogP contribution in [0.4, 0.5) is 20.3 Å². The van der Waals surface area contributed by atoms with E-state index in [2.05, 4.69) is 33.7 Å². The number of anilines is 2. The average Bonchev–Trinajstić information content (AvgIpc) is 3.26. The molecule has 8 nitrogen and oxygen atoms in total. The number of hydrogen-bond acceptors (Lipinski definition) is 5. The number of rotatable bonds is 4. The zero-order valence-electron chi connectivity index (χ0n) is 17.2. The smallest absolute Gasteiger partial charge is 0.284 e. The minimum atomic E-state index is -2.80. The van der Waals surface area contributed by atoms with Crippen LogP contribution in [0.3, 0.4) is 0 Å². The first kappa shape index (κ1) is 20.8. The van der Waals surface area contributed by atoms with Gasteiger partial charge in [0, 0.05) is 26.3 Å². The second kappa shape index (κ2) is 8.35. The van der Waals surface area contributed by atoms with Crippen LogP contribution in [0.5, 0.6) is 0 Å². The van der Waals surface area contributed by atoms with Crippen molar-refractivity contribution in [3.05, 3.63) is 41.9 Å². The molecule has 1 fully saturated rings. The number of amides is 1. The molecule has 0 spiro atoms. The van der Waals surface area contributed by atoms with Crippen LogP contribution in [-0.4, -0.2) is 51.0 Å². The molecule has 0 aromatic carbocycles. The molecule has 2 N–H and O–H groups in total. The lowest BCUT2D eigenvalue weighted by atomic mass is 10.1. The molecule has 4 heterocycles. The molecule has 0 bridgehead atoms. The molecule has 1 saturated heterocycles. The van der Waals surface area contributed by atoms with Gasteiger partial charge in [0.2, 0.25) is 0 Å². The fourth-order valence-corrected chi connectivity index (χ4v) is 3.76. The second-order valence-corrected chi connectivity index (χ2v) is 7.70. The van der Waals surface area contributed by atoms with E-state index < -0.39 is 18.0 Å². The van der Waals surface area contributed by atoms with Gasteiger partial charge in [0.1, 0.15) is 11.7 Å². The minimum Gasteiger partial charge on any atom is -0.340 e. The third-order valence-corrected chi connectivity index (χ3v) is 5.24. The Morgan fingerprint density at radius 2 is 2.06 bits per heavy atom. The van der Waals surface area contributed by atoms with E-state index >= 15 is 0 Å². The average molecular weight is 427 g/mol. The number of aromatic nitrogens is 4. The Balaban J connectivity index is 1.67. The maximum Gasteiger partial charge on any atom is 0.284 e. The van der Waals surface area contributed by atoms with Crippen LogP contribution in [0, 0.1) is 18.3 Å². The van der Waals surface area contributed by atoms with Crippen LogP contribution < -0.4 is 15.5 Å². The molecular weight excluding hydrogens is 404 g/mol. The van der Waals surface area contributed by atoms with Gasteiger partial charge >= 0.3 is 0 Å². The molecular formula is C21H23F2N7O. The van der Waals surface area contributed by atoms with E-state index in [1.54, 1.807) is 12.1 Å². The van der Waals surface area contributed by atoms with E-state index in [1.165, 1.54) is 22.4 Å². The van der Waals surface area contributed by atoms with Crippen molar-refractivity contribution in [3.8, 4) is 12.3 Å². The molecule has 10 heteroatoms. The number of terminal acetylenes is 1. The van der Waals surface area contributed by atoms with E-state index in [0.29, 0.717) is 23.8 Å². The summed E-state index contributed by atoms with van der Waals surface area (Å²) in [5.41, 5.74) is 0.410. The van der Waals surface area contributed by atoms with Crippen LogP contribution in [0.25, 0.3) is 5.52 Å². The highest BCUT2D eigenvalue weighted by Gasteiger charge is 2.25. The highest BCUT2D eigenvalue weighted by molar-refractivity contribution is 6.04. The van der Waals surface area contributed by atoms with Gasteiger partial charge in [0.25, 0.3) is 12.3 Å². The predicted molar refractivity (Wildman–Crippen MR) is 113 cm³/mol. The van der Waals surface area contributed by atoms with Crippen molar-refractivity contribution in [2.45, 2.75) is 19.4 Å². The van der Waals surface area contributed by atoms with Crippen molar-refractivity contribution in [3.63, 3.8) is 0 Å². The minimum absolute atomic E-state index is 0.0339. The molecule has 31 heavy (non-hydrogen) atoms. The molecule has 0 unspecified atom stereocenters. The van der Waals surface area contributed by atoms with Gasteiger partial charge in [-0.05, 0) is 36.7 Å².